The van der Waals surface area contributed by atoms with Crippen molar-refractivity contribution in [1.29, 1.82) is 0 Å². The number of nitrogens with zero attached hydrogens (tertiary/aromatic N) is 2. The summed E-state index contributed by atoms with van der Waals surface area (Å²) in [7, 11) is 0. The average molecular weight is 391 g/mol. The molecule has 1 aromatic heterocycles. The summed E-state index contributed by atoms with van der Waals surface area (Å²) in [6.07, 6.45) is 1.28. The summed E-state index contributed by atoms with van der Waals surface area (Å²) >= 11 is 11.8. The van der Waals surface area contributed by atoms with Gasteiger partial charge >= 0.3 is 0 Å². The number of fused-ring (bicyclic) bond motifs is 1. The van der Waals surface area contributed by atoms with Crippen LogP contribution in [0.15, 0.2) is 53.6 Å². The van der Waals surface area contributed by atoms with Gasteiger partial charge in [0.1, 0.15) is 6.54 Å². The van der Waals surface area contributed by atoms with Gasteiger partial charge in [-0.3, -0.25) is 29.8 Å². The summed E-state index contributed by atoms with van der Waals surface area (Å²) in [6, 6.07) is 11.2. The summed E-state index contributed by atoms with van der Waals surface area (Å²) in [5.41, 5.74) is 4.75. The number of hydrazine groups is 1. The molecule has 2 aromatic carbocycles. The van der Waals surface area contributed by atoms with Crippen molar-refractivity contribution in [1.82, 2.24) is 20.4 Å². The van der Waals surface area contributed by atoms with Crippen molar-refractivity contribution in [2.24, 2.45) is 0 Å². The van der Waals surface area contributed by atoms with Crippen LogP contribution in [-0.2, 0) is 11.3 Å². The predicted octanol–water partition coefficient (Wildman–Crippen LogP) is 2.16. The Hall–Kier alpha value is -2.90. The van der Waals surface area contributed by atoms with E-state index in [4.69, 9.17) is 23.2 Å². The standard InChI is InChI=1S/C17H12Cl2N4O3/c18-10-5-6-13(19)12(7-10)16(25)22-21-15(24)8-23-9-20-14-4-2-1-3-11(14)17(23)26/h1-7,9H,8H2,(H,21,24)(H,22,25). The number of halogens is 2. The molecular weight excluding hydrogens is 379 g/mol. The minimum atomic E-state index is -0.630. The van der Waals surface area contributed by atoms with Crippen LogP contribution in [-0.4, -0.2) is 21.4 Å². The lowest BCUT2D eigenvalue weighted by Gasteiger charge is -2.10. The van der Waals surface area contributed by atoms with Crippen molar-refractivity contribution in [3.63, 3.8) is 0 Å². The number of benzene rings is 2. The molecule has 0 fully saturated rings. The number of hydrogen-bond acceptors (Lipinski definition) is 4. The maximum absolute atomic E-state index is 12.3. The molecular formula is C17H12Cl2N4O3. The number of rotatable bonds is 3. The van der Waals surface area contributed by atoms with Gasteiger partial charge in [-0.15, -0.1) is 0 Å². The fraction of sp³-hybridized carbons (Fsp3) is 0.0588. The smallest absolute Gasteiger partial charge is 0.271 e. The Balaban J connectivity index is 1.68. The van der Waals surface area contributed by atoms with E-state index in [2.05, 4.69) is 15.8 Å². The number of aromatic nitrogens is 2. The first-order chi connectivity index (χ1) is 12.5. The van der Waals surface area contributed by atoms with Gasteiger partial charge in [-0.25, -0.2) is 4.98 Å². The minimum Gasteiger partial charge on any atom is -0.289 e. The van der Waals surface area contributed by atoms with Gasteiger partial charge in [0.15, 0.2) is 0 Å². The number of amides is 2. The number of carbonyl (C=O) groups is 2. The molecule has 3 aromatic rings. The summed E-state index contributed by atoms with van der Waals surface area (Å²) in [6.45, 7) is -0.305. The number of hydrogen-bond donors (Lipinski definition) is 2. The third-order valence-corrected chi connectivity index (χ3v) is 4.10. The van der Waals surface area contributed by atoms with E-state index in [1.165, 1.54) is 18.5 Å². The molecule has 0 radical (unpaired) electrons. The lowest BCUT2D eigenvalue weighted by Crippen LogP contribution is -2.44. The highest BCUT2D eigenvalue weighted by Crippen LogP contribution is 2.20. The first-order valence-corrected chi connectivity index (χ1v) is 8.20. The van der Waals surface area contributed by atoms with Crippen molar-refractivity contribution in [3.05, 3.63) is 74.8 Å². The van der Waals surface area contributed by atoms with Gasteiger partial charge in [0.05, 0.1) is 27.8 Å². The molecule has 1 heterocycles. The Morgan fingerprint density at radius 2 is 1.85 bits per heavy atom. The van der Waals surface area contributed by atoms with Gasteiger partial charge < -0.3 is 0 Å². The van der Waals surface area contributed by atoms with Crippen LogP contribution in [0.3, 0.4) is 0 Å². The molecule has 0 aliphatic rings. The Labute approximate surface area is 157 Å². The van der Waals surface area contributed by atoms with Crippen LogP contribution in [0.4, 0.5) is 0 Å². The van der Waals surface area contributed by atoms with E-state index in [-0.39, 0.29) is 22.7 Å². The molecule has 0 aliphatic heterocycles. The summed E-state index contributed by atoms with van der Waals surface area (Å²) in [5, 5.41) is 0.924. The molecule has 0 bridgehead atoms. The molecule has 2 amide bonds. The zero-order chi connectivity index (χ0) is 18.7. The normalized spacial score (nSPS) is 10.5. The van der Waals surface area contributed by atoms with Gasteiger partial charge in [0.25, 0.3) is 17.4 Å². The summed E-state index contributed by atoms with van der Waals surface area (Å²) < 4.78 is 1.15. The summed E-state index contributed by atoms with van der Waals surface area (Å²) in [4.78, 5) is 40.5. The van der Waals surface area contributed by atoms with Crippen LogP contribution in [0.25, 0.3) is 10.9 Å². The van der Waals surface area contributed by atoms with Crippen molar-refractivity contribution in [2.75, 3.05) is 0 Å². The fourth-order valence-corrected chi connectivity index (χ4v) is 2.65. The Morgan fingerprint density at radius 3 is 2.65 bits per heavy atom. The average Bonchev–Trinajstić information content (AvgIpc) is 2.64. The van der Waals surface area contributed by atoms with Crippen LogP contribution in [0.5, 0.6) is 0 Å². The molecule has 9 heteroatoms. The van der Waals surface area contributed by atoms with Gasteiger partial charge in [-0.05, 0) is 30.3 Å². The number of nitrogens with one attached hydrogen (secondary N) is 2. The van der Waals surface area contributed by atoms with E-state index in [1.54, 1.807) is 30.3 Å². The monoisotopic (exact) mass is 390 g/mol. The Bertz CT molecular complexity index is 1070. The second-order valence-electron chi connectivity index (χ2n) is 5.32. The number of carbonyl (C=O) groups excluding carboxylic acids is 2. The number of para-hydroxylation sites is 1. The van der Waals surface area contributed by atoms with Gasteiger partial charge in [0, 0.05) is 5.02 Å². The van der Waals surface area contributed by atoms with Gasteiger partial charge in [-0.2, -0.15) is 0 Å². The van der Waals surface area contributed by atoms with Crippen LogP contribution in [0, 0.1) is 0 Å². The fourth-order valence-electron chi connectivity index (χ4n) is 2.28. The first kappa shape index (κ1) is 17.9. The first-order valence-electron chi connectivity index (χ1n) is 7.44. The minimum absolute atomic E-state index is 0.115. The van der Waals surface area contributed by atoms with Crippen LogP contribution >= 0.6 is 23.2 Å². The zero-order valence-electron chi connectivity index (χ0n) is 13.2. The van der Waals surface area contributed by atoms with E-state index in [0.29, 0.717) is 15.9 Å². The van der Waals surface area contributed by atoms with E-state index in [9.17, 15) is 14.4 Å². The molecule has 2 N–H and O–H groups in total. The molecule has 0 atom stereocenters. The molecule has 3 rings (SSSR count). The van der Waals surface area contributed by atoms with Crippen LogP contribution < -0.4 is 16.4 Å². The Morgan fingerprint density at radius 1 is 1.08 bits per heavy atom. The van der Waals surface area contributed by atoms with Gasteiger partial charge in [-0.1, -0.05) is 35.3 Å². The van der Waals surface area contributed by atoms with Crippen molar-refractivity contribution in [2.45, 2.75) is 6.54 Å². The summed E-state index contributed by atoms with van der Waals surface area (Å²) in [5.74, 6) is -1.23. The quantitative estimate of drug-likeness (QED) is 0.670. The second-order valence-corrected chi connectivity index (χ2v) is 6.16. The van der Waals surface area contributed by atoms with Gasteiger partial charge in [0.2, 0.25) is 0 Å². The molecule has 26 heavy (non-hydrogen) atoms. The highest BCUT2D eigenvalue weighted by atomic mass is 35.5. The van der Waals surface area contributed by atoms with Crippen molar-refractivity contribution >= 4 is 45.9 Å². The largest absolute Gasteiger partial charge is 0.289 e. The van der Waals surface area contributed by atoms with E-state index < -0.39 is 11.8 Å². The molecule has 0 saturated carbocycles. The maximum Gasteiger partial charge on any atom is 0.271 e. The molecule has 0 spiro atoms. The molecule has 7 nitrogen and oxygen atoms in total. The third kappa shape index (κ3) is 3.84. The highest BCUT2D eigenvalue weighted by Gasteiger charge is 2.13. The van der Waals surface area contributed by atoms with E-state index >= 15 is 0 Å². The second kappa shape index (κ2) is 7.55. The van der Waals surface area contributed by atoms with Crippen molar-refractivity contribution < 1.29 is 9.59 Å². The molecule has 132 valence electrons. The topological polar surface area (TPSA) is 93.1 Å². The lowest BCUT2D eigenvalue weighted by atomic mass is 10.2. The lowest BCUT2D eigenvalue weighted by molar-refractivity contribution is -0.122. The molecule has 0 unspecified atom stereocenters. The maximum atomic E-state index is 12.3. The van der Waals surface area contributed by atoms with Crippen LogP contribution in [0.2, 0.25) is 10.0 Å². The van der Waals surface area contributed by atoms with Crippen LogP contribution in [0.1, 0.15) is 10.4 Å². The van der Waals surface area contributed by atoms with Crippen molar-refractivity contribution in [3.8, 4) is 0 Å². The predicted molar refractivity (Wildman–Crippen MR) is 98.1 cm³/mol. The molecule has 0 saturated heterocycles. The Kier molecular flexibility index (Phi) is 5.20. The van der Waals surface area contributed by atoms with E-state index in [1.807, 2.05) is 0 Å². The molecule has 0 aliphatic carbocycles. The third-order valence-electron chi connectivity index (χ3n) is 3.53. The highest BCUT2D eigenvalue weighted by molar-refractivity contribution is 6.35. The SMILES string of the molecule is O=C(Cn1cnc2ccccc2c1=O)NNC(=O)c1cc(Cl)ccc1Cl. The zero-order valence-corrected chi connectivity index (χ0v) is 14.7. The van der Waals surface area contributed by atoms with E-state index in [0.717, 1.165) is 4.57 Å².